The Morgan fingerprint density at radius 3 is 2.78 bits per heavy atom. The molecule has 1 aromatic carbocycles. The highest BCUT2D eigenvalue weighted by Gasteiger charge is 2.44. The van der Waals surface area contributed by atoms with E-state index in [1.807, 2.05) is 12.5 Å². The van der Waals surface area contributed by atoms with Crippen molar-refractivity contribution in [1.82, 2.24) is 9.55 Å². The molecule has 1 aliphatic carbocycles. The Kier molecular flexibility index (Phi) is 1.87. The summed E-state index contributed by atoms with van der Waals surface area (Å²) in [5, 5.41) is 0. The van der Waals surface area contributed by atoms with Crippen LogP contribution in [0.5, 0.6) is 0 Å². The molecule has 0 bridgehead atoms. The second-order valence-electron chi connectivity index (χ2n) is 6.55. The van der Waals surface area contributed by atoms with Crippen molar-refractivity contribution in [1.29, 1.82) is 0 Å². The predicted molar refractivity (Wildman–Crippen MR) is 72.3 cm³/mol. The van der Waals surface area contributed by atoms with Crippen molar-refractivity contribution >= 4 is 0 Å². The van der Waals surface area contributed by atoms with Crippen LogP contribution < -0.4 is 0 Å². The molecule has 0 N–H and O–H groups in total. The summed E-state index contributed by atoms with van der Waals surface area (Å²) in [6.45, 7) is 4.75. The Morgan fingerprint density at radius 2 is 2.00 bits per heavy atom. The largest absolute Gasteiger partial charge is 0.323 e. The van der Waals surface area contributed by atoms with E-state index in [0.29, 0.717) is 11.5 Å². The molecule has 18 heavy (non-hydrogen) atoms. The molecular weight excluding hydrogens is 220 g/mol. The van der Waals surface area contributed by atoms with Gasteiger partial charge >= 0.3 is 0 Å². The van der Waals surface area contributed by atoms with Crippen molar-refractivity contribution in [2.24, 2.45) is 11.3 Å². The highest BCUT2D eigenvalue weighted by molar-refractivity contribution is 5.69. The Morgan fingerprint density at radius 1 is 1.22 bits per heavy atom. The lowest BCUT2D eigenvalue weighted by molar-refractivity contribution is 0.0681. The van der Waals surface area contributed by atoms with Gasteiger partial charge in [0.2, 0.25) is 0 Å². The fraction of sp³-hybridized carbons (Fsp3) is 0.438. The zero-order valence-electron chi connectivity index (χ0n) is 10.9. The second-order valence-corrected chi connectivity index (χ2v) is 6.55. The Hall–Kier alpha value is -1.57. The van der Waals surface area contributed by atoms with Gasteiger partial charge in [0.05, 0.1) is 24.3 Å². The fourth-order valence-electron chi connectivity index (χ4n) is 3.94. The Bertz CT molecular complexity index is 601. The van der Waals surface area contributed by atoms with Crippen LogP contribution in [-0.2, 0) is 0 Å². The summed E-state index contributed by atoms with van der Waals surface area (Å²) < 4.78 is 2.38. The monoisotopic (exact) mass is 238 g/mol. The van der Waals surface area contributed by atoms with E-state index in [9.17, 15) is 0 Å². The molecule has 1 saturated carbocycles. The number of aromatic nitrogens is 2. The zero-order chi connectivity index (χ0) is 12.3. The first-order valence-corrected chi connectivity index (χ1v) is 6.77. The van der Waals surface area contributed by atoms with Crippen LogP contribution in [0.4, 0.5) is 0 Å². The van der Waals surface area contributed by atoms with Crippen LogP contribution in [0, 0.1) is 11.3 Å². The van der Waals surface area contributed by atoms with Crippen molar-refractivity contribution < 1.29 is 0 Å². The van der Waals surface area contributed by atoms with E-state index in [-0.39, 0.29) is 0 Å². The quantitative estimate of drug-likeness (QED) is 0.737. The van der Waals surface area contributed by atoms with E-state index in [4.69, 9.17) is 0 Å². The number of fused-ring (bicyclic) bond motifs is 3. The van der Waals surface area contributed by atoms with Crippen molar-refractivity contribution in [2.75, 3.05) is 0 Å². The molecule has 1 aromatic heterocycles. The van der Waals surface area contributed by atoms with Crippen molar-refractivity contribution in [3.8, 4) is 11.3 Å². The molecule has 92 valence electrons. The molecular formula is C16H18N2. The number of benzene rings is 1. The molecule has 4 rings (SSSR count). The second kappa shape index (κ2) is 3.25. The van der Waals surface area contributed by atoms with E-state index in [1.54, 1.807) is 0 Å². The van der Waals surface area contributed by atoms with E-state index < -0.39 is 0 Å². The Balaban J connectivity index is 1.81. The lowest BCUT2D eigenvalue weighted by Crippen LogP contribution is -2.36. The first kappa shape index (κ1) is 10.4. The van der Waals surface area contributed by atoms with Crippen LogP contribution in [0.15, 0.2) is 36.8 Å². The highest BCUT2D eigenvalue weighted by atomic mass is 15.1. The minimum atomic E-state index is 0.520. The van der Waals surface area contributed by atoms with E-state index in [2.05, 4.69) is 47.7 Å². The number of hydrogen-bond acceptors (Lipinski definition) is 1. The summed E-state index contributed by atoms with van der Waals surface area (Å²) in [7, 11) is 0. The van der Waals surface area contributed by atoms with Crippen LogP contribution in [0.2, 0.25) is 0 Å². The van der Waals surface area contributed by atoms with Gasteiger partial charge in [0, 0.05) is 5.56 Å². The number of hydrogen-bond donors (Lipinski definition) is 0. The predicted octanol–water partition coefficient (Wildman–Crippen LogP) is 3.89. The minimum Gasteiger partial charge on any atom is -0.323 e. The Labute approximate surface area is 108 Å². The third-order valence-corrected chi connectivity index (χ3v) is 4.60. The minimum absolute atomic E-state index is 0.520. The molecule has 0 radical (unpaired) electrons. The fourth-order valence-corrected chi connectivity index (χ4v) is 3.94. The van der Waals surface area contributed by atoms with E-state index in [0.717, 1.165) is 5.92 Å². The summed E-state index contributed by atoms with van der Waals surface area (Å²) in [5.41, 5.74) is 4.70. The first-order valence-electron chi connectivity index (χ1n) is 6.77. The van der Waals surface area contributed by atoms with Crippen LogP contribution >= 0.6 is 0 Å². The summed E-state index contributed by atoms with van der Waals surface area (Å²) in [4.78, 5) is 4.33. The van der Waals surface area contributed by atoms with Crippen molar-refractivity contribution in [2.45, 2.75) is 32.7 Å². The molecule has 2 aliphatic rings. The first-order chi connectivity index (χ1) is 8.66. The normalized spacial score (nSPS) is 24.4. The standard InChI is InChI=1S/C16H18N2/c1-16(2)7-11(8-16)15-13-6-4-3-5-12(13)14-9-17-10-18(14)15/h3-6,9-11,15H,7-8H2,1-2H3. The maximum Gasteiger partial charge on any atom is 0.0956 e. The molecule has 2 nitrogen and oxygen atoms in total. The van der Waals surface area contributed by atoms with Gasteiger partial charge in [-0.05, 0) is 29.7 Å². The summed E-state index contributed by atoms with van der Waals surface area (Å²) in [6, 6.07) is 9.33. The van der Waals surface area contributed by atoms with Gasteiger partial charge in [-0.3, -0.25) is 0 Å². The van der Waals surface area contributed by atoms with E-state index >= 15 is 0 Å². The number of rotatable bonds is 1. The van der Waals surface area contributed by atoms with Gasteiger partial charge in [-0.15, -0.1) is 0 Å². The molecule has 2 heterocycles. The summed E-state index contributed by atoms with van der Waals surface area (Å²) in [6.07, 6.45) is 6.65. The van der Waals surface area contributed by atoms with Crippen LogP contribution in [0.3, 0.4) is 0 Å². The van der Waals surface area contributed by atoms with E-state index in [1.165, 1.54) is 29.7 Å². The van der Waals surface area contributed by atoms with Gasteiger partial charge in [0.25, 0.3) is 0 Å². The lowest BCUT2D eigenvalue weighted by atomic mass is 9.61. The van der Waals surface area contributed by atoms with Gasteiger partial charge < -0.3 is 4.57 Å². The molecule has 1 aliphatic heterocycles. The molecule has 0 amide bonds. The molecule has 0 spiro atoms. The third kappa shape index (κ3) is 1.26. The third-order valence-electron chi connectivity index (χ3n) is 4.60. The lowest BCUT2D eigenvalue weighted by Gasteiger charge is -2.46. The van der Waals surface area contributed by atoms with Crippen LogP contribution in [-0.4, -0.2) is 9.55 Å². The average molecular weight is 238 g/mol. The smallest absolute Gasteiger partial charge is 0.0956 e. The van der Waals surface area contributed by atoms with Gasteiger partial charge in [0.15, 0.2) is 0 Å². The average Bonchev–Trinajstić information content (AvgIpc) is 2.85. The number of nitrogens with zero attached hydrogens (tertiary/aromatic N) is 2. The molecule has 1 atom stereocenters. The van der Waals surface area contributed by atoms with Crippen LogP contribution in [0.25, 0.3) is 11.3 Å². The van der Waals surface area contributed by atoms with Gasteiger partial charge in [-0.2, -0.15) is 0 Å². The SMILES string of the molecule is CC1(C)CC(C2c3ccccc3-c3cncn32)C1. The van der Waals surface area contributed by atoms with Crippen molar-refractivity contribution in [3.63, 3.8) is 0 Å². The van der Waals surface area contributed by atoms with Gasteiger partial charge in [-0.1, -0.05) is 38.1 Å². The summed E-state index contributed by atoms with van der Waals surface area (Å²) in [5.74, 6) is 0.775. The zero-order valence-corrected chi connectivity index (χ0v) is 10.9. The highest BCUT2D eigenvalue weighted by Crippen LogP contribution is 2.55. The molecule has 2 heteroatoms. The molecule has 2 aromatic rings. The molecule has 0 saturated heterocycles. The summed E-state index contributed by atoms with van der Waals surface area (Å²) >= 11 is 0. The maximum atomic E-state index is 4.33. The molecule has 1 unspecified atom stereocenters. The maximum absolute atomic E-state index is 4.33. The van der Waals surface area contributed by atoms with Crippen LogP contribution in [0.1, 0.15) is 38.3 Å². The van der Waals surface area contributed by atoms with Gasteiger partial charge in [0.1, 0.15) is 0 Å². The van der Waals surface area contributed by atoms with Crippen molar-refractivity contribution in [3.05, 3.63) is 42.4 Å². The van der Waals surface area contributed by atoms with Gasteiger partial charge in [-0.25, -0.2) is 4.98 Å². The topological polar surface area (TPSA) is 17.8 Å². The molecule has 1 fully saturated rings. The number of imidazole rings is 1.